The summed E-state index contributed by atoms with van der Waals surface area (Å²) in [5, 5.41) is 9.75. The van der Waals surface area contributed by atoms with Crippen molar-refractivity contribution < 1.29 is 19.1 Å². The molecule has 0 unspecified atom stereocenters. The zero-order valence-corrected chi connectivity index (χ0v) is 13.2. The lowest BCUT2D eigenvalue weighted by Crippen LogP contribution is -2.35. The number of allylic oxidation sites excluding steroid dienone is 1. The molecule has 23 heavy (non-hydrogen) atoms. The molecule has 5 nitrogen and oxygen atoms in total. The van der Waals surface area contributed by atoms with Gasteiger partial charge in [0.15, 0.2) is 5.41 Å². The Morgan fingerprint density at radius 2 is 2.04 bits per heavy atom. The lowest BCUT2D eigenvalue weighted by Gasteiger charge is -2.28. The smallest absolute Gasteiger partial charge is 0.326 e. The number of aldehydes is 1. The van der Waals surface area contributed by atoms with Gasteiger partial charge < -0.3 is 14.3 Å². The zero-order chi connectivity index (χ0) is 17.0. The van der Waals surface area contributed by atoms with E-state index in [4.69, 9.17) is 9.47 Å². The summed E-state index contributed by atoms with van der Waals surface area (Å²) < 4.78 is 10.0. The summed E-state index contributed by atoms with van der Waals surface area (Å²) >= 11 is 0. The summed E-state index contributed by atoms with van der Waals surface area (Å²) in [6.07, 6.45) is 2.67. The van der Waals surface area contributed by atoms with Gasteiger partial charge in [-0.3, -0.25) is 4.79 Å². The minimum absolute atomic E-state index is 0.222. The molecular weight excluding hydrogens is 294 g/mol. The molecule has 120 valence electrons. The van der Waals surface area contributed by atoms with Gasteiger partial charge in [0.05, 0.1) is 20.3 Å². The molecule has 4 atom stereocenters. The van der Waals surface area contributed by atoms with Crippen LogP contribution in [0.25, 0.3) is 0 Å². The van der Waals surface area contributed by atoms with Crippen LogP contribution in [0.4, 0.5) is 0 Å². The van der Waals surface area contributed by atoms with E-state index in [-0.39, 0.29) is 12.3 Å². The third kappa shape index (κ3) is 2.61. The fraction of sp³-hybridized carbons (Fsp3) is 0.389. The molecule has 1 aliphatic carbocycles. The van der Waals surface area contributed by atoms with Crippen molar-refractivity contribution in [2.24, 2.45) is 17.3 Å². The minimum atomic E-state index is -1.40. The Morgan fingerprint density at radius 3 is 2.48 bits per heavy atom. The number of carbonyl (C=O) groups excluding carboxylic acids is 2. The number of methoxy groups -OCH3 is 2. The second-order valence-corrected chi connectivity index (χ2v) is 5.64. The lowest BCUT2D eigenvalue weighted by atomic mass is 9.73. The monoisotopic (exact) mass is 313 g/mol. The highest BCUT2D eigenvalue weighted by Crippen LogP contribution is 2.55. The van der Waals surface area contributed by atoms with Gasteiger partial charge in [0.2, 0.25) is 0 Å². The Kier molecular flexibility index (Phi) is 4.85. The molecule has 0 heterocycles. The van der Waals surface area contributed by atoms with Crippen LogP contribution < -0.4 is 4.74 Å². The van der Waals surface area contributed by atoms with E-state index in [0.29, 0.717) is 5.75 Å². The van der Waals surface area contributed by atoms with E-state index < -0.39 is 23.2 Å². The lowest BCUT2D eigenvalue weighted by molar-refractivity contribution is -0.150. The molecule has 0 aromatic heterocycles. The van der Waals surface area contributed by atoms with E-state index in [0.717, 1.165) is 11.8 Å². The number of nitriles is 1. The maximum absolute atomic E-state index is 12.4. The van der Waals surface area contributed by atoms with Crippen LogP contribution in [-0.2, 0) is 14.3 Å². The minimum Gasteiger partial charge on any atom is -0.497 e. The standard InChI is InChI=1S/C18H19NO4/c1-4-12-9-18(11-19,17(21)23-3)16(15(12)10-20)13-5-7-14(22-2)8-6-13/h4-8,10,12,15-16H,1,9H2,2-3H3/t12-,15-,16+,18-/m0/s1. The number of esters is 1. The number of benzene rings is 1. The van der Waals surface area contributed by atoms with Crippen molar-refractivity contribution in [1.82, 2.24) is 0 Å². The third-order valence-electron chi connectivity index (χ3n) is 4.65. The van der Waals surface area contributed by atoms with E-state index >= 15 is 0 Å². The first-order chi connectivity index (χ1) is 11.1. The Hall–Kier alpha value is -2.61. The van der Waals surface area contributed by atoms with Crippen LogP contribution in [0.3, 0.4) is 0 Å². The Morgan fingerprint density at radius 1 is 1.39 bits per heavy atom. The second-order valence-electron chi connectivity index (χ2n) is 5.64. The summed E-state index contributed by atoms with van der Waals surface area (Å²) in [7, 11) is 2.81. The van der Waals surface area contributed by atoms with Crippen molar-refractivity contribution in [2.75, 3.05) is 14.2 Å². The van der Waals surface area contributed by atoms with Crippen molar-refractivity contribution >= 4 is 12.3 Å². The van der Waals surface area contributed by atoms with Crippen LogP contribution in [0.1, 0.15) is 17.9 Å². The quantitative estimate of drug-likeness (QED) is 0.474. The predicted molar refractivity (Wildman–Crippen MR) is 83.7 cm³/mol. The largest absolute Gasteiger partial charge is 0.497 e. The van der Waals surface area contributed by atoms with E-state index in [9.17, 15) is 14.9 Å². The molecule has 0 spiro atoms. The Bertz CT molecular complexity index is 646. The van der Waals surface area contributed by atoms with Crippen LogP contribution >= 0.6 is 0 Å². The van der Waals surface area contributed by atoms with Crippen LogP contribution in [0.15, 0.2) is 36.9 Å². The van der Waals surface area contributed by atoms with Gasteiger partial charge in [-0.1, -0.05) is 18.2 Å². The SMILES string of the molecule is C=C[C@H]1C[C@@](C#N)(C(=O)OC)[C@H](c2ccc(OC)cc2)[C@H]1C=O. The van der Waals surface area contributed by atoms with Gasteiger partial charge in [-0.25, -0.2) is 0 Å². The van der Waals surface area contributed by atoms with Gasteiger partial charge in [0, 0.05) is 11.8 Å². The fourth-order valence-electron chi connectivity index (χ4n) is 3.50. The van der Waals surface area contributed by atoms with E-state index in [1.807, 2.05) is 0 Å². The molecule has 0 N–H and O–H groups in total. The van der Waals surface area contributed by atoms with Gasteiger partial charge in [-0.2, -0.15) is 5.26 Å². The van der Waals surface area contributed by atoms with Crippen molar-refractivity contribution in [2.45, 2.75) is 12.3 Å². The maximum atomic E-state index is 12.4. The molecule has 0 aliphatic heterocycles. The highest BCUT2D eigenvalue weighted by atomic mass is 16.5. The summed E-state index contributed by atoms with van der Waals surface area (Å²) in [5.74, 6) is -1.28. The van der Waals surface area contributed by atoms with Crippen LogP contribution in [0, 0.1) is 28.6 Å². The summed E-state index contributed by atoms with van der Waals surface area (Å²) in [4.78, 5) is 24.0. The third-order valence-corrected chi connectivity index (χ3v) is 4.65. The Balaban J connectivity index is 2.59. The normalized spacial score (nSPS) is 29.3. The number of hydrogen-bond donors (Lipinski definition) is 0. The van der Waals surface area contributed by atoms with Crippen molar-refractivity contribution in [3.05, 3.63) is 42.5 Å². The molecule has 1 aliphatic rings. The topological polar surface area (TPSA) is 76.4 Å². The maximum Gasteiger partial charge on any atom is 0.326 e. The molecule has 2 rings (SSSR count). The molecule has 1 aromatic rings. The molecule has 1 aromatic carbocycles. The first-order valence-corrected chi connectivity index (χ1v) is 7.29. The summed E-state index contributed by atoms with van der Waals surface area (Å²) in [5.41, 5.74) is -0.660. The summed E-state index contributed by atoms with van der Waals surface area (Å²) in [6, 6.07) is 9.17. The zero-order valence-electron chi connectivity index (χ0n) is 13.2. The first kappa shape index (κ1) is 16.8. The average molecular weight is 313 g/mol. The van der Waals surface area contributed by atoms with E-state index in [1.54, 1.807) is 37.5 Å². The molecule has 1 fully saturated rings. The highest BCUT2D eigenvalue weighted by molar-refractivity contribution is 5.84. The van der Waals surface area contributed by atoms with E-state index in [2.05, 4.69) is 12.6 Å². The number of carbonyl (C=O) groups is 2. The second kappa shape index (κ2) is 6.66. The molecular formula is C18H19NO4. The average Bonchev–Trinajstić information content (AvgIpc) is 2.95. The van der Waals surface area contributed by atoms with E-state index in [1.165, 1.54) is 7.11 Å². The molecule has 0 saturated heterocycles. The summed E-state index contributed by atoms with van der Waals surface area (Å²) in [6.45, 7) is 3.74. The molecule has 0 amide bonds. The molecule has 0 radical (unpaired) electrons. The van der Waals surface area contributed by atoms with Gasteiger partial charge in [-0.05, 0) is 30.0 Å². The van der Waals surface area contributed by atoms with Crippen LogP contribution in [-0.4, -0.2) is 26.5 Å². The number of hydrogen-bond acceptors (Lipinski definition) is 5. The van der Waals surface area contributed by atoms with Gasteiger partial charge in [0.1, 0.15) is 12.0 Å². The molecule has 0 bridgehead atoms. The van der Waals surface area contributed by atoms with Gasteiger partial charge >= 0.3 is 5.97 Å². The Labute approximate surface area is 135 Å². The van der Waals surface area contributed by atoms with Crippen LogP contribution in [0.5, 0.6) is 5.75 Å². The van der Waals surface area contributed by atoms with Crippen LogP contribution in [0.2, 0.25) is 0 Å². The highest BCUT2D eigenvalue weighted by Gasteiger charge is 2.59. The fourth-order valence-corrected chi connectivity index (χ4v) is 3.50. The number of rotatable bonds is 5. The molecule has 5 heteroatoms. The van der Waals surface area contributed by atoms with Crippen molar-refractivity contribution in [1.29, 1.82) is 5.26 Å². The van der Waals surface area contributed by atoms with Crippen molar-refractivity contribution in [3.8, 4) is 11.8 Å². The van der Waals surface area contributed by atoms with Gasteiger partial charge in [0.25, 0.3) is 0 Å². The number of ether oxygens (including phenoxy) is 2. The molecule has 1 saturated carbocycles. The van der Waals surface area contributed by atoms with Crippen molar-refractivity contribution in [3.63, 3.8) is 0 Å². The first-order valence-electron chi connectivity index (χ1n) is 7.29. The van der Waals surface area contributed by atoms with Gasteiger partial charge in [-0.15, -0.1) is 6.58 Å². The predicted octanol–water partition coefficient (Wildman–Crippen LogP) is 2.48. The number of nitrogens with zero attached hydrogens (tertiary/aromatic N) is 1.